The summed E-state index contributed by atoms with van der Waals surface area (Å²) in [5.41, 5.74) is 1.26. The van der Waals surface area contributed by atoms with Crippen LogP contribution in [0.4, 0.5) is 17.6 Å². The van der Waals surface area contributed by atoms with Crippen LogP contribution < -0.4 is 10.6 Å². The molecule has 2 amide bonds. The van der Waals surface area contributed by atoms with Gasteiger partial charge in [-0.3, -0.25) is 28.3 Å². The van der Waals surface area contributed by atoms with E-state index in [-0.39, 0.29) is 86.1 Å². The summed E-state index contributed by atoms with van der Waals surface area (Å²) in [5, 5.41) is 25.4. The molecule has 0 saturated carbocycles. The predicted molar refractivity (Wildman–Crippen MR) is 222 cm³/mol. The SMILES string of the molecule is CCC(C)NC(=O)Cc1c(C)n(C(=O)c2cccc(Cl)c2)c2cc(F)c(O)c(F)c12.CCCCNC(=O)Cc1c(C)n(C(=O)c2cccc(Cl)c2)c2cc(F)c(O)c(F)c12. The van der Waals surface area contributed by atoms with E-state index in [2.05, 4.69) is 10.6 Å². The fourth-order valence-corrected chi connectivity index (χ4v) is 7.17. The lowest BCUT2D eigenvalue weighted by Gasteiger charge is -2.12. The highest BCUT2D eigenvalue weighted by atomic mass is 35.5. The van der Waals surface area contributed by atoms with E-state index >= 15 is 0 Å². The third-order valence-electron chi connectivity index (χ3n) is 10.1. The van der Waals surface area contributed by atoms with Gasteiger partial charge in [0.05, 0.1) is 23.9 Å². The van der Waals surface area contributed by atoms with Crippen molar-refractivity contribution in [1.29, 1.82) is 0 Å². The van der Waals surface area contributed by atoms with Crippen molar-refractivity contribution in [2.75, 3.05) is 6.54 Å². The molecular weight excluding hydrogens is 827 g/mol. The van der Waals surface area contributed by atoms with Crippen LogP contribution in [-0.2, 0) is 22.4 Å². The lowest BCUT2D eigenvalue weighted by Crippen LogP contribution is -2.33. The Bertz CT molecular complexity index is 2660. The molecule has 2 heterocycles. The molecule has 16 heteroatoms. The number of fused-ring (bicyclic) bond motifs is 2. The second kappa shape index (κ2) is 19.0. The van der Waals surface area contributed by atoms with Crippen LogP contribution in [0.15, 0.2) is 60.7 Å². The van der Waals surface area contributed by atoms with Crippen molar-refractivity contribution in [3.63, 3.8) is 0 Å². The van der Waals surface area contributed by atoms with Gasteiger partial charge in [0, 0.05) is 68.1 Å². The van der Waals surface area contributed by atoms with E-state index in [9.17, 15) is 47.0 Å². The van der Waals surface area contributed by atoms with E-state index < -0.39 is 46.6 Å². The maximum Gasteiger partial charge on any atom is 0.262 e. The average molecular weight is 870 g/mol. The molecule has 6 rings (SSSR count). The summed E-state index contributed by atoms with van der Waals surface area (Å²) >= 11 is 11.9. The topological polar surface area (TPSA) is 143 Å². The van der Waals surface area contributed by atoms with Gasteiger partial charge in [0.15, 0.2) is 34.8 Å². The summed E-state index contributed by atoms with van der Waals surface area (Å²) < 4.78 is 60.2. The Balaban J connectivity index is 0.000000228. The number of hydrogen-bond donors (Lipinski definition) is 4. The van der Waals surface area contributed by atoms with Crippen molar-refractivity contribution in [2.24, 2.45) is 0 Å². The third kappa shape index (κ3) is 9.29. The van der Waals surface area contributed by atoms with E-state index in [1.165, 1.54) is 24.3 Å². The number of aromatic nitrogens is 2. The minimum absolute atomic E-state index is 0.0679. The van der Waals surface area contributed by atoms with Crippen molar-refractivity contribution < 1.29 is 47.0 Å². The number of phenols is 2. The van der Waals surface area contributed by atoms with Crippen molar-refractivity contribution >= 4 is 68.6 Å². The summed E-state index contributed by atoms with van der Waals surface area (Å²) in [6.45, 7) is 9.29. The molecule has 0 spiro atoms. The average Bonchev–Trinajstić information content (AvgIpc) is 3.63. The molecule has 4 N–H and O–H groups in total. The minimum Gasteiger partial charge on any atom is -0.503 e. The molecular formula is C44H42Cl2F4N4O6. The third-order valence-corrected chi connectivity index (χ3v) is 10.5. The van der Waals surface area contributed by atoms with Crippen LogP contribution in [0.25, 0.3) is 21.8 Å². The second-order valence-corrected chi connectivity index (χ2v) is 15.1. The molecule has 0 aliphatic heterocycles. The van der Waals surface area contributed by atoms with Crippen molar-refractivity contribution in [3.8, 4) is 11.5 Å². The van der Waals surface area contributed by atoms with Crippen LogP contribution in [-0.4, -0.2) is 55.6 Å². The Hall–Kier alpha value is -5.86. The van der Waals surface area contributed by atoms with E-state index in [1.807, 2.05) is 20.8 Å². The van der Waals surface area contributed by atoms with E-state index in [0.29, 0.717) is 23.0 Å². The first-order valence-electron chi connectivity index (χ1n) is 19.0. The highest BCUT2D eigenvalue weighted by Crippen LogP contribution is 2.37. The van der Waals surface area contributed by atoms with Gasteiger partial charge in [0.1, 0.15) is 0 Å². The van der Waals surface area contributed by atoms with Crippen molar-refractivity contribution in [2.45, 2.75) is 72.8 Å². The lowest BCUT2D eigenvalue weighted by molar-refractivity contribution is -0.121. The van der Waals surface area contributed by atoms with Gasteiger partial charge < -0.3 is 20.8 Å². The standard InChI is InChI=1S/2C22H21ClF2N2O3/c1-4-11(2)26-18(28)9-15-12(3)27(22(30)13-6-5-7-14(23)8-13)17-10-16(24)21(29)20(25)19(15)17;1-3-4-8-26-18(28)10-15-12(2)27(22(30)13-6-5-7-14(23)9-13)17-11-16(24)21(29)20(25)19(15)17/h5-8,10-11,29H,4,9H2,1-3H3,(H,26,28);5-7,9,11,29H,3-4,8,10H2,1-2H3,(H,26,28). The molecule has 6 aromatic rings. The van der Waals surface area contributed by atoms with Crippen LogP contribution in [0.1, 0.15) is 83.3 Å². The maximum atomic E-state index is 14.9. The van der Waals surface area contributed by atoms with Crippen LogP contribution in [0.5, 0.6) is 11.5 Å². The molecule has 0 aliphatic carbocycles. The van der Waals surface area contributed by atoms with Gasteiger partial charge in [-0.25, -0.2) is 17.6 Å². The Morgan fingerprint density at radius 2 is 1.13 bits per heavy atom. The number of unbranched alkanes of at least 4 members (excludes halogenated alkanes) is 1. The van der Waals surface area contributed by atoms with E-state index in [1.54, 1.807) is 38.1 Å². The van der Waals surface area contributed by atoms with Crippen molar-refractivity contribution in [1.82, 2.24) is 19.8 Å². The first-order chi connectivity index (χ1) is 28.4. The van der Waals surface area contributed by atoms with Crippen LogP contribution in [0.2, 0.25) is 10.0 Å². The number of nitrogens with one attached hydrogen (secondary N) is 2. The van der Waals surface area contributed by atoms with Crippen LogP contribution in [0, 0.1) is 37.1 Å². The monoisotopic (exact) mass is 868 g/mol. The van der Waals surface area contributed by atoms with Gasteiger partial charge >= 0.3 is 0 Å². The van der Waals surface area contributed by atoms with E-state index in [0.717, 1.165) is 34.1 Å². The molecule has 0 saturated heterocycles. The summed E-state index contributed by atoms with van der Waals surface area (Å²) in [6.07, 6.45) is 1.95. The molecule has 60 heavy (non-hydrogen) atoms. The molecule has 1 unspecified atom stereocenters. The van der Waals surface area contributed by atoms with Gasteiger partial charge in [-0.2, -0.15) is 0 Å². The maximum absolute atomic E-state index is 14.9. The quantitative estimate of drug-likeness (QED) is 0.0755. The fourth-order valence-electron chi connectivity index (χ4n) is 6.79. The predicted octanol–water partition coefficient (Wildman–Crippen LogP) is 9.47. The highest BCUT2D eigenvalue weighted by molar-refractivity contribution is 6.31. The number of nitrogens with zero attached hydrogens (tertiary/aromatic N) is 2. The fraction of sp³-hybridized carbons (Fsp3) is 0.273. The summed E-state index contributed by atoms with van der Waals surface area (Å²) in [6, 6.07) is 14.0. The second-order valence-electron chi connectivity index (χ2n) is 14.2. The number of hydrogen-bond acceptors (Lipinski definition) is 6. The number of aromatic hydroxyl groups is 2. The van der Waals surface area contributed by atoms with Gasteiger partial charge in [-0.05, 0) is 81.1 Å². The smallest absolute Gasteiger partial charge is 0.262 e. The minimum atomic E-state index is -1.21. The molecule has 1 atom stereocenters. The number of benzene rings is 4. The Morgan fingerprint density at radius 1 is 0.700 bits per heavy atom. The molecule has 0 fully saturated rings. The Morgan fingerprint density at radius 3 is 1.53 bits per heavy atom. The molecule has 2 aromatic heterocycles. The van der Waals surface area contributed by atoms with Crippen LogP contribution >= 0.6 is 23.2 Å². The normalized spacial score (nSPS) is 11.7. The highest BCUT2D eigenvalue weighted by Gasteiger charge is 2.29. The number of amides is 2. The Labute approximate surface area is 352 Å². The summed E-state index contributed by atoms with van der Waals surface area (Å²) in [7, 11) is 0. The molecule has 10 nitrogen and oxygen atoms in total. The van der Waals surface area contributed by atoms with Gasteiger partial charge in [-0.15, -0.1) is 0 Å². The molecule has 4 aromatic carbocycles. The van der Waals surface area contributed by atoms with Crippen LogP contribution in [0.3, 0.4) is 0 Å². The first kappa shape index (κ1) is 45.2. The number of rotatable bonds is 11. The van der Waals surface area contributed by atoms with Gasteiger partial charge in [0.25, 0.3) is 11.8 Å². The number of phenolic OH excluding ortho intramolecular Hbond substituents is 2. The van der Waals surface area contributed by atoms with Gasteiger partial charge in [-0.1, -0.05) is 55.6 Å². The molecule has 0 aliphatic rings. The number of carbonyl (C=O) groups excluding carboxylic acids is 4. The number of carbonyl (C=O) groups is 4. The zero-order chi connectivity index (χ0) is 44.2. The lowest BCUT2D eigenvalue weighted by atomic mass is 10.1. The first-order valence-corrected chi connectivity index (χ1v) is 19.7. The largest absolute Gasteiger partial charge is 0.503 e. The molecule has 0 bridgehead atoms. The summed E-state index contributed by atoms with van der Waals surface area (Å²) in [5.74, 6) is -8.96. The zero-order valence-electron chi connectivity index (χ0n) is 33.3. The van der Waals surface area contributed by atoms with Crippen molar-refractivity contribution in [3.05, 3.63) is 128 Å². The molecule has 0 radical (unpaired) electrons. The zero-order valence-corrected chi connectivity index (χ0v) is 34.8. The Kier molecular flexibility index (Phi) is 14.3. The molecule has 316 valence electrons. The van der Waals surface area contributed by atoms with Gasteiger partial charge in [0.2, 0.25) is 11.8 Å². The number of halogens is 6. The van der Waals surface area contributed by atoms with E-state index in [4.69, 9.17) is 23.2 Å². The summed E-state index contributed by atoms with van der Waals surface area (Å²) in [4.78, 5) is 51.1.